The number of hydrogen-bond donors (Lipinski definition) is 1. The standard InChI is InChI=1S/C10H10BrNO2/c11-6-1-2-7-8(5-6)10(13)14-9(7)3-4-12/h1-2,5,9H,3-4,12H2. The van der Waals surface area contributed by atoms with E-state index in [1.165, 1.54) is 0 Å². The Morgan fingerprint density at radius 3 is 3.00 bits per heavy atom. The lowest BCUT2D eigenvalue weighted by molar-refractivity contribution is 0.0374. The number of carbonyl (C=O) groups excluding carboxylic acids is 1. The van der Waals surface area contributed by atoms with E-state index in [4.69, 9.17) is 10.5 Å². The van der Waals surface area contributed by atoms with Crippen molar-refractivity contribution in [2.24, 2.45) is 5.73 Å². The number of fused-ring (bicyclic) bond motifs is 1. The van der Waals surface area contributed by atoms with Gasteiger partial charge in [0, 0.05) is 16.5 Å². The summed E-state index contributed by atoms with van der Waals surface area (Å²) < 4.78 is 6.08. The summed E-state index contributed by atoms with van der Waals surface area (Å²) in [7, 11) is 0. The van der Waals surface area contributed by atoms with Crippen LogP contribution in [0.3, 0.4) is 0 Å². The Bertz CT molecular complexity index is 378. The maximum atomic E-state index is 11.4. The Morgan fingerprint density at radius 1 is 1.50 bits per heavy atom. The van der Waals surface area contributed by atoms with Crippen LogP contribution < -0.4 is 5.73 Å². The summed E-state index contributed by atoms with van der Waals surface area (Å²) in [5.41, 5.74) is 7.04. The molecule has 4 heteroatoms. The van der Waals surface area contributed by atoms with Crippen molar-refractivity contribution in [1.82, 2.24) is 0 Å². The third kappa shape index (κ3) is 1.55. The van der Waals surface area contributed by atoms with Crippen LogP contribution in [0.2, 0.25) is 0 Å². The number of carbonyl (C=O) groups is 1. The van der Waals surface area contributed by atoms with Gasteiger partial charge in [-0.15, -0.1) is 0 Å². The number of nitrogens with two attached hydrogens (primary N) is 1. The highest BCUT2D eigenvalue weighted by atomic mass is 79.9. The molecule has 0 amide bonds. The maximum Gasteiger partial charge on any atom is 0.339 e. The molecule has 0 aliphatic carbocycles. The van der Waals surface area contributed by atoms with Crippen LogP contribution >= 0.6 is 15.9 Å². The molecule has 0 saturated carbocycles. The zero-order valence-electron chi connectivity index (χ0n) is 7.50. The lowest BCUT2D eigenvalue weighted by Gasteiger charge is -2.07. The van der Waals surface area contributed by atoms with E-state index in [9.17, 15) is 4.79 Å². The Balaban J connectivity index is 2.39. The lowest BCUT2D eigenvalue weighted by Crippen LogP contribution is -2.06. The number of ether oxygens (including phenoxy) is 1. The molecule has 0 bridgehead atoms. The van der Waals surface area contributed by atoms with Gasteiger partial charge in [0.2, 0.25) is 0 Å². The van der Waals surface area contributed by atoms with E-state index in [1.807, 2.05) is 12.1 Å². The molecule has 0 aromatic heterocycles. The van der Waals surface area contributed by atoms with E-state index in [-0.39, 0.29) is 12.1 Å². The third-order valence-corrected chi connectivity index (χ3v) is 2.75. The van der Waals surface area contributed by atoms with Crippen LogP contribution in [0.15, 0.2) is 22.7 Å². The number of esters is 1. The largest absolute Gasteiger partial charge is 0.454 e. The molecule has 74 valence electrons. The minimum atomic E-state index is -0.250. The fourth-order valence-electron chi connectivity index (χ4n) is 1.61. The molecule has 1 aromatic rings. The molecular formula is C10H10BrNO2. The number of benzene rings is 1. The molecule has 0 spiro atoms. The molecule has 1 atom stereocenters. The number of rotatable bonds is 2. The molecular weight excluding hydrogens is 246 g/mol. The molecule has 14 heavy (non-hydrogen) atoms. The zero-order valence-corrected chi connectivity index (χ0v) is 9.08. The average Bonchev–Trinajstić information content (AvgIpc) is 2.44. The van der Waals surface area contributed by atoms with Gasteiger partial charge in [0.05, 0.1) is 5.56 Å². The Labute approximate surface area is 90.4 Å². The van der Waals surface area contributed by atoms with Gasteiger partial charge in [-0.3, -0.25) is 0 Å². The molecule has 1 unspecified atom stereocenters. The number of cyclic esters (lactones) is 1. The van der Waals surface area contributed by atoms with Crippen LogP contribution in [0.1, 0.15) is 28.4 Å². The first-order chi connectivity index (χ1) is 6.72. The van der Waals surface area contributed by atoms with Crippen LogP contribution in [0.25, 0.3) is 0 Å². The number of hydrogen-bond acceptors (Lipinski definition) is 3. The van der Waals surface area contributed by atoms with Crippen molar-refractivity contribution in [3.05, 3.63) is 33.8 Å². The highest BCUT2D eigenvalue weighted by Crippen LogP contribution is 2.34. The van der Waals surface area contributed by atoms with E-state index >= 15 is 0 Å². The SMILES string of the molecule is NCCC1OC(=O)c2cc(Br)ccc21. The van der Waals surface area contributed by atoms with E-state index < -0.39 is 0 Å². The van der Waals surface area contributed by atoms with Crippen LogP contribution in [0, 0.1) is 0 Å². The van der Waals surface area contributed by atoms with Gasteiger partial charge >= 0.3 is 5.97 Å². The second-order valence-electron chi connectivity index (χ2n) is 3.20. The smallest absolute Gasteiger partial charge is 0.339 e. The molecule has 3 nitrogen and oxygen atoms in total. The summed E-state index contributed by atoms with van der Waals surface area (Å²) >= 11 is 3.32. The first-order valence-corrected chi connectivity index (χ1v) is 5.22. The van der Waals surface area contributed by atoms with Crippen molar-refractivity contribution >= 4 is 21.9 Å². The Kier molecular flexibility index (Phi) is 2.56. The summed E-state index contributed by atoms with van der Waals surface area (Å²) in [4.78, 5) is 11.4. The van der Waals surface area contributed by atoms with Gasteiger partial charge in [-0.25, -0.2) is 4.79 Å². The fraction of sp³-hybridized carbons (Fsp3) is 0.300. The van der Waals surface area contributed by atoms with Crippen LogP contribution in [-0.4, -0.2) is 12.5 Å². The zero-order chi connectivity index (χ0) is 10.1. The maximum absolute atomic E-state index is 11.4. The van der Waals surface area contributed by atoms with Crippen LogP contribution in [-0.2, 0) is 4.74 Å². The predicted molar refractivity (Wildman–Crippen MR) is 56.0 cm³/mol. The quantitative estimate of drug-likeness (QED) is 0.823. The van der Waals surface area contributed by atoms with E-state index in [1.54, 1.807) is 6.07 Å². The monoisotopic (exact) mass is 255 g/mol. The summed E-state index contributed by atoms with van der Waals surface area (Å²) in [6, 6.07) is 5.60. The summed E-state index contributed by atoms with van der Waals surface area (Å²) in [6.45, 7) is 0.521. The summed E-state index contributed by atoms with van der Waals surface area (Å²) in [5.74, 6) is -0.250. The Morgan fingerprint density at radius 2 is 2.29 bits per heavy atom. The molecule has 1 aliphatic rings. The van der Waals surface area contributed by atoms with Gasteiger partial charge in [0.25, 0.3) is 0 Å². The van der Waals surface area contributed by atoms with Crippen molar-refractivity contribution in [3.8, 4) is 0 Å². The van der Waals surface area contributed by atoms with Crippen molar-refractivity contribution in [3.63, 3.8) is 0 Å². The topological polar surface area (TPSA) is 52.3 Å². The Hall–Kier alpha value is -0.870. The van der Waals surface area contributed by atoms with Crippen molar-refractivity contribution in [2.45, 2.75) is 12.5 Å². The van der Waals surface area contributed by atoms with Gasteiger partial charge < -0.3 is 10.5 Å². The molecule has 0 fully saturated rings. The second-order valence-corrected chi connectivity index (χ2v) is 4.12. The van der Waals surface area contributed by atoms with E-state index in [0.717, 1.165) is 10.0 Å². The third-order valence-electron chi connectivity index (χ3n) is 2.26. The normalized spacial score (nSPS) is 19.3. The van der Waals surface area contributed by atoms with Crippen molar-refractivity contribution < 1.29 is 9.53 Å². The predicted octanol–water partition coefficient (Wildman–Crippen LogP) is 2.01. The fourth-order valence-corrected chi connectivity index (χ4v) is 1.97. The molecule has 2 rings (SSSR count). The molecule has 1 aromatic carbocycles. The van der Waals surface area contributed by atoms with Crippen LogP contribution in [0.4, 0.5) is 0 Å². The minimum absolute atomic E-state index is 0.157. The highest BCUT2D eigenvalue weighted by Gasteiger charge is 2.30. The van der Waals surface area contributed by atoms with Gasteiger partial charge in [-0.05, 0) is 18.7 Å². The van der Waals surface area contributed by atoms with Gasteiger partial charge in [-0.1, -0.05) is 22.0 Å². The first kappa shape index (κ1) is 9.68. The molecule has 1 aliphatic heterocycles. The molecule has 2 N–H and O–H groups in total. The molecule has 0 radical (unpaired) electrons. The summed E-state index contributed by atoms with van der Waals surface area (Å²) in [6.07, 6.45) is 0.524. The average molecular weight is 256 g/mol. The lowest BCUT2D eigenvalue weighted by atomic mass is 10.0. The highest BCUT2D eigenvalue weighted by molar-refractivity contribution is 9.10. The molecule has 0 saturated heterocycles. The van der Waals surface area contributed by atoms with Gasteiger partial charge in [0.15, 0.2) is 0 Å². The molecule has 1 heterocycles. The second kappa shape index (κ2) is 3.71. The van der Waals surface area contributed by atoms with Crippen molar-refractivity contribution in [2.75, 3.05) is 6.54 Å². The van der Waals surface area contributed by atoms with E-state index in [0.29, 0.717) is 18.5 Å². The minimum Gasteiger partial charge on any atom is -0.454 e. The van der Waals surface area contributed by atoms with Crippen molar-refractivity contribution in [1.29, 1.82) is 0 Å². The van der Waals surface area contributed by atoms with Gasteiger partial charge in [-0.2, -0.15) is 0 Å². The van der Waals surface area contributed by atoms with Gasteiger partial charge in [0.1, 0.15) is 6.10 Å². The van der Waals surface area contributed by atoms with E-state index in [2.05, 4.69) is 15.9 Å². The van der Waals surface area contributed by atoms with Crippen LogP contribution in [0.5, 0.6) is 0 Å². The number of halogens is 1. The summed E-state index contributed by atoms with van der Waals surface area (Å²) in [5, 5.41) is 0. The first-order valence-electron chi connectivity index (χ1n) is 4.43.